The number of nitrogens with one attached hydrogen (secondary N) is 2. The molecule has 0 aromatic heterocycles. The molecule has 2 N–H and O–H groups in total. The van der Waals surface area contributed by atoms with E-state index in [4.69, 9.17) is 0 Å². The molecule has 1 amide bonds. The van der Waals surface area contributed by atoms with Gasteiger partial charge in [-0.05, 0) is 58.7 Å². The first kappa shape index (κ1) is 19.7. The first-order valence-corrected chi connectivity index (χ1v) is 9.47. The fraction of sp³-hybridized carbons (Fsp3) is 0.571. The SMILES string of the molecule is C[C@H](N[C@H](CN(C)C)c1ccccc1)C(=O)NCCC1=CCCCC1. The van der Waals surface area contributed by atoms with Gasteiger partial charge in [0.05, 0.1) is 6.04 Å². The lowest BCUT2D eigenvalue weighted by Crippen LogP contribution is -2.46. The second-order valence-corrected chi connectivity index (χ2v) is 7.26. The van der Waals surface area contributed by atoms with Gasteiger partial charge in [0.1, 0.15) is 0 Å². The number of carbonyl (C=O) groups is 1. The van der Waals surface area contributed by atoms with E-state index in [1.807, 2.05) is 25.1 Å². The second-order valence-electron chi connectivity index (χ2n) is 7.26. The van der Waals surface area contributed by atoms with Crippen LogP contribution in [0.2, 0.25) is 0 Å². The number of carbonyl (C=O) groups excluding carboxylic acids is 1. The van der Waals surface area contributed by atoms with Gasteiger partial charge >= 0.3 is 0 Å². The summed E-state index contributed by atoms with van der Waals surface area (Å²) < 4.78 is 0. The van der Waals surface area contributed by atoms with Crippen LogP contribution in [0.4, 0.5) is 0 Å². The minimum Gasteiger partial charge on any atom is -0.354 e. The molecule has 0 heterocycles. The molecule has 25 heavy (non-hydrogen) atoms. The van der Waals surface area contributed by atoms with Gasteiger partial charge in [-0.2, -0.15) is 0 Å². The molecule has 1 aromatic carbocycles. The maximum absolute atomic E-state index is 12.4. The molecule has 138 valence electrons. The highest BCUT2D eigenvalue weighted by Crippen LogP contribution is 2.19. The largest absolute Gasteiger partial charge is 0.354 e. The lowest BCUT2D eigenvalue weighted by molar-refractivity contribution is -0.122. The highest BCUT2D eigenvalue weighted by atomic mass is 16.2. The number of likely N-dealkylation sites (N-methyl/N-ethyl adjacent to an activating group) is 1. The molecule has 0 spiro atoms. The Morgan fingerprint density at radius 2 is 1.96 bits per heavy atom. The van der Waals surface area contributed by atoms with Crippen molar-refractivity contribution < 1.29 is 4.79 Å². The minimum atomic E-state index is -0.217. The zero-order chi connectivity index (χ0) is 18.1. The van der Waals surface area contributed by atoms with E-state index in [-0.39, 0.29) is 18.0 Å². The maximum Gasteiger partial charge on any atom is 0.236 e. The van der Waals surface area contributed by atoms with Crippen LogP contribution in [0.3, 0.4) is 0 Å². The molecular formula is C21H33N3O. The molecule has 0 bridgehead atoms. The lowest BCUT2D eigenvalue weighted by atomic mass is 9.97. The van der Waals surface area contributed by atoms with Gasteiger partial charge < -0.3 is 10.2 Å². The summed E-state index contributed by atoms with van der Waals surface area (Å²) in [6.45, 7) is 3.54. The molecule has 0 aliphatic heterocycles. The number of benzene rings is 1. The Morgan fingerprint density at radius 1 is 1.20 bits per heavy atom. The molecule has 1 aliphatic rings. The first-order valence-electron chi connectivity index (χ1n) is 9.47. The molecule has 0 unspecified atom stereocenters. The van der Waals surface area contributed by atoms with E-state index >= 15 is 0 Å². The van der Waals surface area contributed by atoms with Gasteiger partial charge in [0, 0.05) is 19.1 Å². The lowest BCUT2D eigenvalue weighted by Gasteiger charge is -2.26. The third kappa shape index (κ3) is 7.00. The van der Waals surface area contributed by atoms with E-state index in [1.54, 1.807) is 0 Å². The van der Waals surface area contributed by atoms with Gasteiger partial charge in [0.15, 0.2) is 0 Å². The van der Waals surface area contributed by atoms with Crippen molar-refractivity contribution in [2.45, 2.75) is 51.1 Å². The van der Waals surface area contributed by atoms with Crippen molar-refractivity contribution in [1.82, 2.24) is 15.5 Å². The van der Waals surface area contributed by atoms with E-state index in [2.05, 4.69) is 47.8 Å². The quantitative estimate of drug-likeness (QED) is 0.676. The second kappa shape index (κ2) is 10.4. The molecule has 1 aliphatic carbocycles. The summed E-state index contributed by atoms with van der Waals surface area (Å²) >= 11 is 0. The maximum atomic E-state index is 12.4. The number of hydrogen-bond donors (Lipinski definition) is 2. The summed E-state index contributed by atoms with van der Waals surface area (Å²) in [6.07, 6.45) is 8.33. The highest BCUT2D eigenvalue weighted by Gasteiger charge is 2.19. The number of allylic oxidation sites excluding steroid dienone is 1. The predicted octanol–water partition coefficient (Wildman–Crippen LogP) is 3.27. The molecule has 1 aromatic rings. The molecule has 4 heteroatoms. The molecule has 0 fully saturated rings. The van der Waals surface area contributed by atoms with Crippen LogP contribution < -0.4 is 10.6 Å². The third-order valence-corrected chi connectivity index (χ3v) is 4.72. The van der Waals surface area contributed by atoms with Crippen molar-refractivity contribution in [2.75, 3.05) is 27.2 Å². The standard InChI is InChI=1S/C21H33N3O/c1-17(21(25)22-15-14-18-10-6-4-7-11-18)23-20(16-24(2)3)19-12-8-5-9-13-19/h5,8-10,12-13,17,20,23H,4,6-7,11,14-16H2,1-3H3,(H,22,25)/t17-,20+/m0/s1. The molecule has 0 saturated heterocycles. The zero-order valence-corrected chi connectivity index (χ0v) is 15.9. The van der Waals surface area contributed by atoms with Gasteiger partial charge in [-0.15, -0.1) is 0 Å². The average molecular weight is 344 g/mol. The fourth-order valence-electron chi connectivity index (χ4n) is 3.31. The number of nitrogens with zero attached hydrogens (tertiary/aromatic N) is 1. The van der Waals surface area contributed by atoms with E-state index in [0.29, 0.717) is 0 Å². The Bertz CT molecular complexity index is 554. The minimum absolute atomic E-state index is 0.0797. The smallest absolute Gasteiger partial charge is 0.236 e. The molecular weight excluding hydrogens is 310 g/mol. The first-order chi connectivity index (χ1) is 12.1. The summed E-state index contributed by atoms with van der Waals surface area (Å²) in [4.78, 5) is 14.6. The van der Waals surface area contributed by atoms with Crippen LogP contribution in [0, 0.1) is 0 Å². The van der Waals surface area contributed by atoms with Crippen LogP contribution in [0.15, 0.2) is 42.0 Å². The molecule has 0 saturated carbocycles. The summed E-state index contributed by atoms with van der Waals surface area (Å²) in [6, 6.07) is 10.3. The molecule has 0 radical (unpaired) electrons. The van der Waals surface area contributed by atoms with Crippen LogP contribution in [0.1, 0.15) is 50.6 Å². The van der Waals surface area contributed by atoms with Gasteiger partial charge in [0.25, 0.3) is 0 Å². The number of amides is 1. The van der Waals surface area contributed by atoms with Crippen LogP contribution in [-0.2, 0) is 4.79 Å². The summed E-state index contributed by atoms with van der Waals surface area (Å²) in [5, 5.41) is 6.57. The van der Waals surface area contributed by atoms with E-state index in [1.165, 1.54) is 36.8 Å². The van der Waals surface area contributed by atoms with Crippen LogP contribution in [0.25, 0.3) is 0 Å². The Morgan fingerprint density at radius 3 is 2.60 bits per heavy atom. The van der Waals surface area contributed by atoms with Crippen molar-refractivity contribution in [2.24, 2.45) is 0 Å². The molecule has 2 rings (SSSR count). The normalized spacial score (nSPS) is 17.0. The van der Waals surface area contributed by atoms with Crippen LogP contribution >= 0.6 is 0 Å². The number of hydrogen-bond acceptors (Lipinski definition) is 3. The van der Waals surface area contributed by atoms with Crippen molar-refractivity contribution in [3.8, 4) is 0 Å². The van der Waals surface area contributed by atoms with Crippen molar-refractivity contribution in [3.63, 3.8) is 0 Å². The van der Waals surface area contributed by atoms with Crippen LogP contribution in [0.5, 0.6) is 0 Å². The predicted molar refractivity (Wildman–Crippen MR) is 105 cm³/mol. The summed E-state index contributed by atoms with van der Waals surface area (Å²) in [5.74, 6) is 0.0797. The van der Waals surface area contributed by atoms with Gasteiger partial charge in [0.2, 0.25) is 5.91 Å². The third-order valence-electron chi connectivity index (χ3n) is 4.72. The van der Waals surface area contributed by atoms with Crippen LogP contribution in [-0.4, -0.2) is 44.0 Å². The van der Waals surface area contributed by atoms with E-state index in [9.17, 15) is 4.79 Å². The highest BCUT2D eigenvalue weighted by molar-refractivity contribution is 5.81. The number of rotatable bonds is 9. The molecule has 4 nitrogen and oxygen atoms in total. The Hall–Kier alpha value is -1.65. The fourth-order valence-corrected chi connectivity index (χ4v) is 3.31. The monoisotopic (exact) mass is 343 g/mol. The zero-order valence-electron chi connectivity index (χ0n) is 15.9. The van der Waals surface area contributed by atoms with E-state index < -0.39 is 0 Å². The van der Waals surface area contributed by atoms with Gasteiger partial charge in [-0.1, -0.05) is 42.0 Å². The average Bonchev–Trinajstić information content (AvgIpc) is 2.62. The summed E-state index contributed by atoms with van der Waals surface area (Å²) in [5.41, 5.74) is 2.71. The van der Waals surface area contributed by atoms with E-state index in [0.717, 1.165) is 19.5 Å². The Balaban J connectivity index is 1.83. The summed E-state index contributed by atoms with van der Waals surface area (Å²) in [7, 11) is 4.11. The van der Waals surface area contributed by atoms with Gasteiger partial charge in [-0.25, -0.2) is 0 Å². The van der Waals surface area contributed by atoms with Gasteiger partial charge in [-0.3, -0.25) is 10.1 Å². The Kier molecular flexibility index (Phi) is 8.16. The topological polar surface area (TPSA) is 44.4 Å². The molecule has 2 atom stereocenters. The van der Waals surface area contributed by atoms with Crippen molar-refractivity contribution in [3.05, 3.63) is 47.5 Å². The van der Waals surface area contributed by atoms with Crippen molar-refractivity contribution >= 4 is 5.91 Å². The Labute approximate surface area is 152 Å². The van der Waals surface area contributed by atoms with Crippen molar-refractivity contribution in [1.29, 1.82) is 0 Å².